The van der Waals surface area contributed by atoms with Crippen LogP contribution in [0, 0.1) is 13.8 Å². The average molecular weight is 313 g/mol. The number of aryl methyl sites for hydroxylation is 3. The normalized spacial score (nSPS) is 11.1. The van der Waals surface area contributed by atoms with Crippen LogP contribution in [0.15, 0.2) is 72.8 Å². The van der Waals surface area contributed by atoms with E-state index in [0.717, 1.165) is 0 Å². The summed E-state index contributed by atoms with van der Waals surface area (Å²) in [6, 6.07) is 25.8. The molecule has 0 aliphatic heterocycles. The van der Waals surface area contributed by atoms with E-state index in [-0.39, 0.29) is 0 Å². The van der Waals surface area contributed by atoms with Crippen molar-refractivity contribution in [3.63, 3.8) is 0 Å². The van der Waals surface area contributed by atoms with E-state index in [0.29, 0.717) is 0 Å². The first-order valence-electron chi connectivity index (χ1n) is 8.29. The molecule has 0 fully saturated rings. The van der Waals surface area contributed by atoms with Gasteiger partial charge in [0.25, 0.3) is 5.82 Å². The molecule has 118 valence electrons. The van der Waals surface area contributed by atoms with E-state index in [1.807, 2.05) is 0 Å². The Kier molecular flexibility index (Phi) is 3.46. The van der Waals surface area contributed by atoms with Gasteiger partial charge in [-0.25, -0.2) is 4.57 Å². The minimum Gasteiger partial charge on any atom is -0.225 e. The van der Waals surface area contributed by atoms with Gasteiger partial charge in [0.15, 0.2) is 11.0 Å². The first kappa shape index (κ1) is 14.7. The highest BCUT2D eigenvalue weighted by molar-refractivity contribution is 5.79. The van der Waals surface area contributed by atoms with Gasteiger partial charge >= 0.3 is 0 Å². The second kappa shape index (κ2) is 5.64. The van der Waals surface area contributed by atoms with Gasteiger partial charge in [-0.05, 0) is 49.7 Å². The van der Waals surface area contributed by atoms with Crippen molar-refractivity contribution >= 4 is 11.0 Å². The second-order valence-corrected chi connectivity index (χ2v) is 6.36. The molecule has 0 bridgehead atoms. The lowest BCUT2D eigenvalue weighted by Crippen LogP contribution is -2.30. The summed E-state index contributed by atoms with van der Waals surface area (Å²) in [5, 5.41) is 0. The van der Waals surface area contributed by atoms with Crippen LogP contribution in [0.2, 0.25) is 0 Å². The first-order chi connectivity index (χ1) is 11.7. The fourth-order valence-electron chi connectivity index (χ4n) is 3.43. The third-order valence-corrected chi connectivity index (χ3v) is 4.66. The fourth-order valence-corrected chi connectivity index (χ4v) is 3.43. The summed E-state index contributed by atoms with van der Waals surface area (Å²) in [7, 11) is 2.15. The van der Waals surface area contributed by atoms with Gasteiger partial charge in [0.05, 0.1) is 12.6 Å². The molecular formula is C22H21N2+. The Morgan fingerprint density at radius 1 is 0.792 bits per heavy atom. The lowest BCUT2D eigenvalue weighted by Gasteiger charge is -2.07. The van der Waals surface area contributed by atoms with Crippen LogP contribution >= 0.6 is 0 Å². The Hall–Kier alpha value is -2.87. The van der Waals surface area contributed by atoms with Crippen LogP contribution in [0.1, 0.15) is 11.1 Å². The average Bonchev–Trinajstić information content (AvgIpc) is 2.91. The van der Waals surface area contributed by atoms with Crippen LogP contribution in [0.25, 0.3) is 28.1 Å². The Labute approximate surface area is 142 Å². The summed E-state index contributed by atoms with van der Waals surface area (Å²) < 4.78 is 4.65. The topological polar surface area (TPSA) is 8.81 Å². The molecule has 0 radical (unpaired) electrons. The largest absolute Gasteiger partial charge is 0.295 e. The van der Waals surface area contributed by atoms with E-state index < -0.39 is 0 Å². The number of benzene rings is 3. The van der Waals surface area contributed by atoms with Crippen molar-refractivity contribution in [3.8, 4) is 17.1 Å². The number of hydrogen-bond acceptors (Lipinski definition) is 0. The molecule has 2 heteroatoms. The number of nitrogens with zero attached hydrogens (tertiary/aromatic N) is 2. The number of hydrogen-bond donors (Lipinski definition) is 0. The quantitative estimate of drug-likeness (QED) is 0.473. The van der Waals surface area contributed by atoms with E-state index in [4.69, 9.17) is 0 Å². The van der Waals surface area contributed by atoms with Gasteiger partial charge < -0.3 is 0 Å². The monoisotopic (exact) mass is 313 g/mol. The lowest BCUT2D eigenvalue weighted by atomic mass is 10.0. The third kappa shape index (κ3) is 2.23. The Balaban J connectivity index is 2.16. The fraction of sp³-hybridized carbons (Fsp3) is 0.136. The van der Waals surface area contributed by atoms with Crippen LogP contribution in [-0.4, -0.2) is 4.57 Å². The summed E-state index contributed by atoms with van der Waals surface area (Å²) in [6.45, 7) is 4.33. The molecule has 24 heavy (non-hydrogen) atoms. The van der Waals surface area contributed by atoms with Crippen molar-refractivity contribution in [1.82, 2.24) is 4.57 Å². The predicted octanol–water partition coefficient (Wildman–Crippen LogP) is 4.74. The molecule has 0 saturated carbocycles. The van der Waals surface area contributed by atoms with E-state index in [1.165, 1.54) is 39.2 Å². The molecule has 0 amide bonds. The predicted molar refractivity (Wildman–Crippen MR) is 99.4 cm³/mol. The van der Waals surface area contributed by atoms with Crippen molar-refractivity contribution in [2.75, 3.05) is 0 Å². The molecule has 0 aliphatic carbocycles. The summed E-state index contributed by atoms with van der Waals surface area (Å²) in [6.07, 6.45) is 0. The summed E-state index contributed by atoms with van der Waals surface area (Å²) in [5.41, 5.74) is 7.48. The maximum Gasteiger partial charge on any atom is 0.295 e. The first-order valence-corrected chi connectivity index (χ1v) is 8.29. The minimum atomic E-state index is 1.19. The number of fused-ring (bicyclic) bond motifs is 1. The molecule has 0 atom stereocenters. The highest BCUT2D eigenvalue weighted by Gasteiger charge is 2.26. The molecular weight excluding hydrogens is 292 g/mol. The van der Waals surface area contributed by atoms with Crippen LogP contribution in [-0.2, 0) is 7.05 Å². The molecule has 3 aromatic carbocycles. The summed E-state index contributed by atoms with van der Waals surface area (Å²) in [4.78, 5) is 0. The molecule has 4 rings (SSSR count). The van der Waals surface area contributed by atoms with E-state index >= 15 is 0 Å². The zero-order valence-electron chi connectivity index (χ0n) is 14.3. The van der Waals surface area contributed by atoms with Crippen LogP contribution < -0.4 is 4.57 Å². The third-order valence-electron chi connectivity index (χ3n) is 4.66. The van der Waals surface area contributed by atoms with Crippen molar-refractivity contribution in [3.05, 3.63) is 83.9 Å². The van der Waals surface area contributed by atoms with Gasteiger partial charge in [-0.2, -0.15) is 4.57 Å². The maximum absolute atomic E-state index is 2.36. The summed E-state index contributed by atoms with van der Waals surface area (Å²) >= 11 is 0. The van der Waals surface area contributed by atoms with Gasteiger partial charge in [-0.15, -0.1) is 0 Å². The van der Waals surface area contributed by atoms with Crippen LogP contribution in [0.5, 0.6) is 0 Å². The maximum atomic E-state index is 2.36. The summed E-state index contributed by atoms with van der Waals surface area (Å²) in [5.74, 6) is 1.21. The lowest BCUT2D eigenvalue weighted by molar-refractivity contribution is -0.633. The molecule has 2 nitrogen and oxygen atoms in total. The Morgan fingerprint density at radius 2 is 1.50 bits per heavy atom. The highest BCUT2D eigenvalue weighted by Crippen LogP contribution is 2.29. The van der Waals surface area contributed by atoms with Gasteiger partial charge in [0, 0.05) is 0 Å². The van der Waals surface area contributed by atoms with Gasteiger partial charge in [-0.1, -0.05) is 48.0 Å². The molecule has 0 spiro atoms. The van der Waals surface area contributed by atoms with Crippen molar-refractivity contribution in [1.29, 1.82) is 0 Å². The highest BCUT2D eigenvalue weighted by atomic mass is 15.2. The smallest absolute Gasteiger partial charge is 0.225 e. The second-order valence-electron chi connectivity index (χ2n) is 6.36. The van der Waals surface area contributed by atoms with Crippen LogP contribution in [0.4, 0.5) is 0 Å². The van der Waals surface area contributed by atoms with Crippen molar-refractivity contribution in [2.24, 2.45) is 7.05 Å². The standard InChI is InChI=1S/C22H21N2/c1-16-13-14-17(2)19(15-16)22-23(3)20-11-7-8-12-21(20)24(22)18-9-5-4-6-10-18/h4-15H,1-3H3/q+1. The van der Waals surface area contributed by atoms with E-state index in [9.17, 15) is 0 Å². The number of imidazole rings is 1. The van der Waals surface area contributed by atoms with Gasteiger partial charge in [0.2, 0.25) is 0 Å². The van der Waals surface area contributed by atoms with E-state index in [1.54, 1.807) is 0 Å². The molecule has 1 aromatic heterocycles. The van der Waals surface area contributed by atoms with Gasteiger partial charge in [0.1, 0.15) is 5.69 Å². The minimum absolute atomic E-state index is 1.19. The molecule has 1 heterocycles. The van der Waals surface area contributed by atoms with Crippen molar-refractivity contribution in [2.45, 2.75) is 13.8 Å². The molecule has 0 unspecified atom stereocenters. The van der Waals surface area contributed by atoms with Gasteiger partial charge in [-0.3, -0.25) is 0 Å². The molecule has 0 aliphatic rings. The Bertz CT molecular complexity index is 1030. The Morgan fingerprint density at radius 3 is 2.29 bits per heavy atom. The number of para-hydroxylation sites is 3. The number of rotatable bonds is 2. The van der Waals surface area contributed by atoms with E-state index in [2.05, 4.69) is 103 Å². The molecule has 0 N–H and O–H groups in total. The zero-order valence-corrected chi connectivity index (χ0v) is 14.3. The zero-order chi connectivity index (χ0) is 16.7. The number of aromatic nitrogens is 2. The molecule has 0 saturated heterocycles. The van der Waals surface area contributed by atoms with Crippen LogP contribution in [0.3, 0.4) is 0 Å². The van der Waals surface area contributed by atoms with Crippen molar-refractivity contribution < 1.29 is 4.57 Å². The SMILES string of the molecule is Cc1ccc(C)c(-c2n(-c3ccccc3)c3ccccc3[n+]2C)c1. The molecule has 4 aromatic rings.